The molecule has 2 aliphatic rings. The normalized spacial score (nSPS) is 18.5. The molecule has 1 aromatic rings. The predicted molar refractivity (Wildman–Crippen MR) is 121 cm³/mol. The molecular weight excluding hydrogens is 400 g/mol. The van der Waals surface area contributed by atoms with Crippen LogP contribution < -0.4 is 5.32 Å². The highest BCUT2D eigenvalue weighted by molar-refractivity contribution is 8.15. The number of hydrogen-bond acceptors (Lipinski definition) is 5. The maximum Gasteiger partial charge on any atom is 0.262 e. The highest BCUT2D eigenvalue weighted by Crippen LogP contribution is 2.29. The van der Waals surface area contributed by atoms with Crippen LogP contribution in [0, 0.1) is 0 Å². The Labute approximate surface area is 182 Å². The Balaban J connectivity index is 1.52. The van der Waals surface area contributed by atoms with Gasteiger partial charge in [-0.15, -0.1) is 0 Å². The minimum Gasteiger partial charge on any atom is -0.351 e. The van der Waals surface area contributed by atoms with Gasteiger partial charge >= 0.3 is 0 Å². The number of aliphatic imine (C=N–C) groups is 1. The molecule has 0 spiro atoms. The summed E-state index contributed by atoms with van der Waals surface area (Å²) >= 11 is 1.39. The second-order valence-corrected chi connectivity index (χ2v) is 8.83. The van der Waals surface area contributed by atoms with Crippen LogP contribution in [0.25, 0.3) is 0 Å². The van der Waals surface area contributed by atoms with Gasteiger partial charge in [-0.3, -0.25) is 14.4 Å². The smallest absolute Gasteiger partial charge is 0.262 e. The summed E-state index contributed by atoms with van der Waals surface area (Å²) in [5.74, 6) is -0.447. The third kappa shape index (κ3) is 5.62. The van der Waals surface area contributed by atoms with Gasteiger partial charge in [-0.05, 0) is 49.9 Å². The van der Waals surface area contributed by atoms with Crippen LogP contribution in [0.15, 0.2) is 29.3 Å². The fourth-order valence-electron chi connectivity index (χ4n) is 3.67. The standard InChI is InChI=1S/C22H30N4O3S/c1-3-11-25(12-4-2)21(29)16-7-9-17(10-8-16)23-19(27)15-18-20(28)24-22(30-18)26-13-5-6-14-26/h7-10,18H,3-6,11-15H2,1-2H3,(H,23,27). The molecule has 1 unspecified atom stereocenters. The van der Waals surface area contributed by atoms with Gasteiger partial charge in [-0.25, -0.2) is 0 Å². The van der Waals surface area contributed by atoms with Gasteiger partial charge in [-0.1, -0.05) is 25.6 Å². The van der Waals surface area contributed by atoms with Gasteiger partial charge in [0, 0.05) is 43.9 Å². The van der Waals surface area contributed by atoms with Crippen LogP contribution in [0.2, 0.25) is 0 Å². The fourth-order valence-corrected chi connectivity index (χ4v) is 4.78. The van der Waals surface area contributed by atoms with Crippen molar-refractivity contribution in [3.05, 3.63) is 29.8 Å². The minimum atomic E-state index is -0.460. The molecule has 2 heterocycles. The van der Waals surface area contributed by atoms with Gasteiger partial charge in [0.1, 0.15) is 5.25 Å². The first-order valence-electron chi connectivity index (χ1n) is 10.7. The first-order chi connectivity index (χ1) is 14.5. The third-order valence-corrected chi connectivity index (χ3v) is 6.38. The lowest BCUT2D eigenvalue weighted by Crippen LogP contribution is -2.32. The van der Waals surface area contributed by atoms with Crippen molar-refractivity contribution >= 4 is 40.3 Å². The second kappa shape index (κ2) is 10.6. The maximum atomic E-state index is 12.6. The van der Waals surface area contributed by atoms with Crippen molar-refractivity contribution in [2.75, 3.05) is 31.5 Å². The van der Waals surface area contributed by atoms with Gasteiger partial charge in [-0.2, -0.15) is 4.99 Å². The molecule has 8 heteroatoms. The summed E-state index contributed by atoms with van der Waals surface area (Å²) in [5, 5.41) is 3.12. The van der Waals surface area contributed by atoms with E-state index in [1.165, 1.54) is 11.8 Å². The molecule has 162 valence electrons. The number of nitrogens with one attached hydrogen (secondary N) is 1. The molecule has 1 fully saturated rings. The molecule has 7 nitrogen and oxygen atoms in total. The Kier molecular flexibility index (Phi) is 7.90. The number of carbonyl (C=O) groups excluding carboxylic acids is 3. The van der Waals surface area contributed by atoms with E-state index in [2.05, 4.69) is 29.1 Å². The zero-order valence-corrected chi connectivity index (χ0v) is 18.5. The average molecular weight is 431 g/mol. The summed E-state index contributed by atoms with van der Waals surface area (Å²) in [5.41, 5.74) is 1.23. The van der Waals surface area contributed by atoms with Crippen molar-refractivity contribution in [3.8, 4) is 0 Å². The first-order valence-corrected chi connectivity index (χ1v) is 11.6. The molecule has 0 bridgehead atoms. The zero-order chi connectivity index (χ0) is 21.5. The van der Waals surface area contributed by atoms with Crippen molar-refractivity contribution in [1.29, 1.82) is 0 Å². The second-order valence-electron chi connectivity index (χ2n) is 7.66. The number of hydrogen-bond donors (Lipinski definition) is 1. The fraction of sp³-hybridized carbons (Fsp3) is 0.545. The summed E-state index contributed by atoms with van der Waals surface area (Å²) in [4.78, 5) is 45.3. The van der Waals surface area contributed by atoms with Gasteiger partial charge < -0.3 is 15.1 Å². The van der Waals surface area contributed by atoms with Crippen LogP contribution in [0.3, 0.4) is 0 Å². The molecule has 3 amide bonds. The first kappa shape index (κ1) is 22.3. The van der Waals surface area contributed by atoms with Gasteiger partial charge in [0.2, 0.25) is 5.91 Å². The van der Waals surface area contributed by atoms with Crippen molar-refractivity contribution in [3.63, 3.8) is 0 Å². The summed E-state index contributed by atoms with van der Waals surface area (Å²) < 4.78 is 0. The third-order valence-electron chi connectivity index (χ3n) is 5.17. The molecule has 1 N–H and O–H groups in total. The Bertz CT molecular complexity index is 797. The molecule has 1 atom stereocenters. The van der Waals surface area contributed by atoms with Crippen LogP contribution >= 0.6 is 11.8 Å². The predicted octanol–water partition coefficient (Wildman–Crippen LogP) is 3.37. The van der Waals surface area contributed by atoms with E-state index < -0.39 is 5.25 Å². The summed E-state index contributed by atoms with van der Waals surface area (Å²) in [7, 11) is 0. The van der Waals surface area contributed by atoms with Crippen LogP contribution in [-0.4, -0.2) is 64.1 Å². The molecule has 0 aliphatic carbocycles. The number of anilines is 1. The largest absolute Gasteiger partial charge is 0.351 e. The average Bonchev–Trinajstić information content (AvgIpc) is 3.38. The van der Waals surface area contributed by atoms with Crippen LogP contribution in [0.1, 0.15) is 56.3 Å². The highest BCUT2D eigenvalue weighted by Gasteiger charge is 2.33. The Morgan fingerprint density at radius 2 is 1.77 bits per heavy atom. The number of nitrogens with zero attached hydrogens (tertiary/aromatic N) is 3. The van der Waals surface area contributed by atoms with E-state index in [0.29, 0.717) is 11.3 Å². The van der Waals surface area contributed by atoms with E-state index in [-0.39, 0.29) is 24.1 Å². The van der Waals surface area contributed by atoms with Crippen LogP contribution in [0.4, 0.5) is 5.69 Å². The molecular formula is C22H30N4O3S. The Hall–Kier alpha value is -2.35. The maximum absolute atomic E-state index is 12.6. The lowest BCUT2D eigenvalue weighted by Gasteiger charge is -2.21. The molecule has 0 saturated carbocycles. The molecule has 1 saturated heterocycles. The molecule has 3 rings (SSSR count). The monoisotopic (exact) mass is 430 g/mol. The quantitative estimate of drug-likeness (QED) is 0.684. The summed E-state index contributed by atoms with van der Waals surface area (Å²) in [6, 6.07) is 6.94. The van der Waals surface area contributed by atoms with E-state index in [0.717, 1.165) is 57.0 Å². The van der Waals surface area contributed by atoms with E-state index in [1.807, 2.05) is 4.90 Å². The summed E-state index contributed by atoms with van der Waals surface area (Å²) in [6.07, 6.45) is 4.16. The minimum absolute atomic E-state index is 0.0103. The van der Waals surface area contributed by atoms with E-state index in [4.69, 9.17) is 0 Å². The van der Waals surface area contributed by atoms with Crippen LogP contribution in [-0.2, 0) is 9.59 Å². The Morgan fingerprint density at radius 3 is 2.37 bits per heavy atom. The number of amidine groups is 1. The number of amides is 3. The van der Waals surface area contributed by atoms with E-state index in [1.54, 1.807) is 24.3 Å². The van der Waals surface area contributed by atoms with E-state index >= 15 is 0 Å². The number of rotatable bonds is 8. The SMILES string of the molecule is CCCN(CCC)C(=O)c1ccc(NC(=O)CC2SC(N3CCCC3)=NC2=O)cc1. The van der Waals surface area contributed by atoms with Crippen molar-refractivity contribution < 1.29 is 14.4 Å². The highest BCUT2D eigenvalue weighted by atomic mass is 32.2. The molecule has 0 radical (unpaired) electrons. The van der Waals surface area contributed by atoms with Crippen molar-refractivity contribution in [2.45, 2.75) is 51.2 Å². The zero-order valence-electron chi connectivity index (χ0n) is 17.7. The van der Waals surface area contributed by atoms with Gasteiger partial charge in [0.15, 0.2) is 5.17 Å². The van der Waals surface area contributed by atoms with Gasteiger partial charge in [0.25, 0.3) is 11.8 Å². The lowest BCUT2D eigenvalue weighted by atomic mass is 10.1. The number of benzene rings is 1. The topological polar surface area (TPSA) is 82.1 Å². The molecule has 0 aromatic heterocycles. The van der Waals surface area contributed by atoms with Crippen molar-refractivity contribution in [2.24, 2.45) is 4.99 Å². The molecule has 30 heavy (non-hydrogen) atoms. The van der Waals surface area contributed by atoms with Crippen LogP contribution in [0.5, 0.6) is 0 Å². The number of carbonyl (C=O) groups is 3. The van der Waals surface area contributed by atoms with Gasteiger partial charge in [0.05, 0.1) is 0 Å². The lowest BCUT2D eigenvalue weighted by molar-refractivity contribution is -0.121. The number of likely N-dealkylation sites (tertiary alicyclic amines) is 1. The van der Waals surface area contributed by atoms with Crippen molar-refractivity contribution in [1.82, 2.24) is 9.80 Å². The summed E-state index contributed by atoms with van der Waals surface area (Å²) in [6.45, 7) is 7.44. The number of thioether (sulfide) groups is 1. The molecule has 1 aromatic carbocycles. The van der Waals surface area contributed by atoms with E-state index in [9.17, 15) is 14.4 Å². The Morgan fingerprint density at radius 1 is 1.13 bits per heavy atom. The molecule has 2 aliphatic heterocycles.